The first kappa shape index (κ1) is 22.5. The number of carbonyl (C=O) groups is 2. The number of carbonyl (C=O) groups excluding carboxylic acids is 2. The Morgan fingerprint density at radius 3 is 2.50 bits per heavy atom. The van der Waals surface area contributed by atoms with Crippen LogP contribution in [0.4, 0.5) is 11.4 Å². The standard InChI is InChI=1S/C24H21N5O5/c1-14-10-18(15(2)28(14)20-6-4-19(5-7-20)26-16(3)30)13-25-27-24(31)23-12-17-11-21(29(32)33)8-9-22(17)34-23/h4-13H,1-3H3,(H,26,30)(H,27,31)/b25-13+. The van der Waals surface area contributed by atoms with Crippen molar-refractivity contribution in [2.24, 2.45) is 5.10 Å². The Balaban J connectivity index is 1.49. The topological polar surface area (TPSA) is 132 Å². The highest BCUT2D eigenvalue weighted by Crippen LogP contribution is 2.24. The van der Waals surface area contributed by atoms with E-state index in [0.717, 1.165) is 22.6 Å². The van der Waals surface area contributed by atoms with Gasteiger partial charge in [-0.1, -0.05) is 0 Å². The molecule has 2 amide bonds. The fraction of sp³-hybridized carbons (Fsp3) is 0.125. The van der Waals surface area contributed by atoms with Gasteiger partial charge in [-0.25, -0.2) is 5.43 Å². The van der Waals surface area contributed by atoms with Crippen LogP contribution in [0.5, 0.6) is 0 Å². The molecule has 10 heteroatoms. The number of nitrogens with one attached hydrogen (secondary N) is 2. The quantitative estimate of drug-likeness (QED) is 0.249. The van der Waals surface area contributed by atoms with Gasteiger partial charge in [0.2, 0.25) is 5.91 Å². The Bertz CT molecular complexity index is 1450. The van der Waals surface area contributed by atoms with Crippen molar-refractivity contribution in [2.45, 2.75) is 20.8 Å². The number of non-ortho nitro benzene ring substituents is 1. The summed E-state index contributed by atoms with van der Waals surface area (Å²) in [6, 6.07) is 14.9. The number of aromatic nitrogens is 1. The van der Waals surface area contributed by atoms with E-state index in [2.05, 4.69) is 15.8 Å². The van der Waals surface area contributed by atoms with Crippen LogP contribution in [-0.2, 0) is 4.79 Å². The second-order valence-corrected chi connectivity index (χ2v) is 7.68. The maximum absolute atomic E-state index is 12.4. The minimum Gasteiger partial charge on any atom is -0.451 e. The van der Waals surface area contributed by atoms with Crippen LogP contribution < -0.4 is 10.7 Å². The fourth-order valence-corrected chi connectivity index (χ4v) is 3.68. The van der Waals surface area contributed by atoms with Crippen LogP contribution in [0.25, 0.3) is 16.7 Å². The highest BCUT2D eigenvalue weighted by Gasteiger charge is 2.15. The summed E-state index contributed by atoms with van der Waals surface area (Å²) in [6.07, 6.45) is 1.54. The molecule has 2 heterocycles. The van der Waals surface area contributed by atoms with Crippen molar-refractivity contribution < 1.29 is 18.9 Å². The number of rotatable bonds is 6. The summed E-state index contributed by atoms with van der Waals surface area (Å²) in [4.78, 5) is 34.0. The number of benzene rings is 2. The summed E-state index contributed by atoms with van der Waals surface area (Å²) in [7, 11) is 0. The van der Waals surface area contributed by atoms with Gasteiger partial charge < -0.3 is 14.3 Å². The molecular weight excluding hydrogens is 438 g/mol. The summed E-state index contributed by atoms with van der Waals surface area (Å²) in [5.41, 5.74) is 7.03. The SMILES string of the molecule is CC(=O)Nc1ccc(-n2c(C)cc(/C=N/NC(=O)c3cc4cc([N+](=O)[O-])ccc4o3)c2C)cc1. The first-order chi connectivity index (χ1) is 16.2. The smallest absolute Gasteiger partial charge is 0.307 e. The van der Waals surface area contributed by atoms with E-state index in [1.165, 1.54) is 37.4 Å². The number of nitro benzene ring substituents is 1. The lowest BCUT2D eigenvalue weighted by molar-refractivity contribution is -0.384. The molecule has 10 nitrogen and oxygen atoms in total. The molecule has 0 fully saturated rings. The van der Waals surface area contributed by atoms with Gasteiger partial charge in [0.05, 0.1) is 11.1 Å². The first-order valence-corrected chi connectivity index (χ1v) is 10.3. The average Bonchev–Trinajstić information content (AvgIpc) is 3.34. The van der Waals surface area contributed by atoms with Crippen molar-refractivity contribution in [3.63, 3.8) is 0 Å². The molecule has 0 aliphatic rings. The summed E-state index contributed by atoms with van der Waals surface area (Å²) < 4.78 is 7.50. The number of hydrazone groups is 1. The van der Waals surface area contributed by atoms with Crippen LogP contribution in [0.2, 0.25) is 0 Å². The van der Waals surface area contributed by atoms with E-state index >= 15 is 0 Å². The number of amides is 2. The number of nitrogens with zero attached hydrogens (tertiary/aromatic N) is 3. The van der Waals surface area contributed by atoms with Crippen molar-refractivity contribution in [2.75, 3.05) is 5.32 Å². The molecule has 2 N–H and O–H groups in total. The summed E-state index contributed by atoms with van der Waals surface area (Å²) in [5, 5.41) is 18.1. The van der Waals surface area contributed by atoms with Gasteiger partial charge in [0.15, 0.2) is 5.76 Å². The van der Waals surface area contributed by atoms with Crippen molar-refractivity contribution in [1.29, 1.82) is 0 Å². The molecule has 0 unspecified atom stereocenters. The van der Waals surface area contributed by atoms with Crippen LogP contribution in [0.1, 0.15) is 34.4 Å². The Kier molecular flexibility index (Phi) is 5.96. The van der Waals surface area contributed by atoms with Gasteiger partial charge in [0.1, 0.15) is 5.58 Å². The van der Waals surface area contributed by atoms with Gasteiger partial charge >= 0.3 is 5.91 Å². The Morgan fingerprint density at radius 2 is 1.82 bits per heavy atom. The molecule has 0 radical (unpaired) electrons. The average molecular weight is 459 g/mol. The molecule has 172 valence electrons. The van der Waals surface area contributed by atoms with Gasteiger partial charge in [-0.3, -0.25) is 19.7 Å². The highest BCUT2D eigenvalue weighted by atomic mass is 16.6. The van der Waals surface area contributed by atoms with E-state index in [9.17, 15) is 19.7 Å². The molecule has 2 aromatic carbocycles. The van der Waals surface area contributed by atoms with Gasteiger partial charge in [0, 0.05) is 52.8 Å². The molecule has 0 saturated carbocycles. The maximum atomic E-state index is 12.4. The summed E-state index contributed by atoms with van der Waals surface area (Å²) in [6.45, 7) is 5.35. The van der Waals surface area contributed by atoms with Crippen LogP contribution >= 0.6 is 0 Å². The molecule has 0 atom stereocenters. The minimum absolute atomic E-state index is 0.00243. The second kappa shape index (κ2) is 9.02. The summed E-state index contributed by atoms with van der Waals surface area (Å²) >= 11 is 0. The zero-order valence-corrected chi connectivity index (χ0v) is 18.7. The fourth-order valence-electron chi connectivity index (χ4n) is 3.68. The molecular formula is C24H21N5O5. The number of anilines is 1. The van der Waals surface area contributed by atoms with Crippen LogP contribution in [0.15, 0.2) is 64.1 Å². The van der Waals surface area contributed by atoms with Gasteiger partial charge in [-0.05, 0) is 56.3 Å². The largest absolute Gasteiger partial charge is 0.451 e. The van der Waals surface area contributed by atoms with E-state index in [4.69, 9.17) is 4.42 Å². The van der Waals surface area contributed by atoms with Crippen molar-refractivity contribution in [1.82, 2.24) is 9.99 Å². The van der Waals surface area contributed by atoms with Crippen molar-refractivity contribution in [3.05, 3.63) is 87.4 Å². The monoisotopic (exact) mass is 459 g/mol. The zero-order valence-electron chi connectivity index (χ0n) is 18.7. The second-order valence-electron chi connectivity index (χ2n) is 7.68. The van der Waals surface area contributed by atoms with E-state index in [0.29, 0.717) is 16.7 Å². The lowest BCUT2D eigenvalue weighted by Gasteiger charge is -2.10. The van der Waals surface area contributed by atoms with Gasteiger partial charge in [-0.2, -0.15) is 5.10 Å². The number of aryl methyl sites for hydroxylation is 1. The lowest BCUT2D eigenvalue weighted by atomic mass is 10.2. The Morgan fingerprint density at radius 1 is 1.09 bits per heavy atom. The van der Waals surface area contributed by atoms with Gasteiger partial charge in [-0.15, -0.1) is 0 Å². The predicted molar refractivity (Wildman–Crippen MR) is 127 cm³/mol. The molecule has 0 saturated heterocycles. The van der Waals surface area contributed by atoms with E-state index in [-0.39, 0.29) is 17.4 Å². The van der Waals surface area contributed by atoms with Crippen molar-refractivity contribution in [3.8, 4) is 5.69 Å². The Labute approximate surface area is 194 Å². The molecule has 0 bridgehead atoms. The first-order valence-electron chi connectivity index (χ1n) is 10.3. The van der Waals surface area contributed by atoms with E-state index in [1.54, 1.807) is 0 Å². The predicted octanol–water partition coefficient (Wildman–Crippen LogP) is 4.47. The molecule has 34 heavy (non-hydrogen) atoms. The molecule has 0 aliphatic heterocycles. The lowest BCUT2D eigenvalue weighted by Crippen LogP contribution is -2.16. The third-order valence-corrected chi connectivity index (χ3v) is 5.22. The highest BCUT2D eigenvalue weighted by molar-refractivity contribution is 5.97. The maximum Gasteiger partial charge on any atom is 0.307 e. The number of hydrogen-bond acceptors (Lipinski definition) is 6. The Hall–Kier alpha value is -4.73. The van der Waals surface area contributed by atoms with Crippen LogP contribution in [-0.4, -0.2) is 27.5 Å². The molecule has 0 aliphatic carbocycles. The number of nitro groups is 1. The third-order valence-electron chi connectivity index (χ3n) is 5.22. The van der Waals surface area contributed by atoms with Crippen LogP contribution in [0.3, 0.4) is 0 Å². The number of fused-ring (bicyclic) bond motifs is 1. The van der Waals surface area contributed by atoms with E-state index < -0.39 is 10.8 Å². The third kappa shape index (κ3) is 4.56. The van der Waals surface area contributed by atoms with Crippen molar-refractivity contribution >= 4 is 40.4 Å². The van der Waals surface area contributed by atoms with Crippen LogP contribution in [0, 0.1) is 24.0 Å². The minimum atomic E-state index is -0.572. The van der Waals surface area contributed by atoms with E-state index in [1.807, 2.05) is 48.7 Å². The number of hydrogen-bond donors (Lipinski definition) is 2. The summed E-state index contributed by atoms with van der Waals surface area (Å²) in [5.74, 6) is -0.708. The van der Waals surface area contributed by atoms with Gasteiger partial charge in [0.25, 0.3) is 5.69 Å². The molecule has 4 rings (SSSR count). The molecule has 2 aromatic heterocycles. The zero-order chi connectivity index (χ0) is 24.4. The molecule has 0 spiro atoms. The number of furan rings is 1. The molecule has 4 aromatic rings. The normalized spacial score (nSPS) is 11.1.